The van der Waals surface area contributed by atoms with Gasteiger partial charge in [-0.15, -0.1) is 22.7 Å². The Morgan fingerprint density at radius 3 is 1.21 bits per heavy atom. The molecule has 24 heavy (non-hydrogen) atoms. The van der Waals surface area contributed by atoms with Crippen molar-refractivity contribution in [1.82, 2.24) is 9.13 Å². The number of aromatic nitrogens is 2. The van der Waals surface area contributed by atoms with Gasteiger partial charge >= 0.3 is 0 Å². The molecule has 0 atom stereocenters. The van der Waals surface area contributed by atoms with Gasteiger partial charge < -0.3 is 9.47 Å². The summed E-state index contributed by atoms with van der Waals surface area (Å²) in [5, 5.41) is 0. The smallest absolute Gasteiger partial charge is 0.272 e. The zero-order chi connectivity index (χ0) is 17.4. The van der Waals surface area contributed by atoms with Gasteiger partial charge in [-0.2, -0.15) is 0 Å². The Hall–Kier alpha value is -1.88. The molecule has 0 aliphatic heterocycles. The Labute approximate surface area is 142 Å². The lowest BCUT2D eigenvalue weighted by Crippen LogP contribution is -2.27. The van der Waals surface area contributed by atoms with Gasteiger partial charge in [0.15, 0.2) is 0 Å². The lowest BCUT2D eigenvalue weighted by Gasteiger charge is -1.97. The van der Waals surface area contributed by atoms with Crippen molar-refractivity contribution in [1.29, 1.82) is 0 Å². The predicted molar refractivity (Wildman–Crippen MR) is 93.2 cm³/mol. The standard InChI is InChI=1S/C14H14N2O6S2/c1-21-5-3-15-11(17)7-8(12(15)18)24-10-9(23-7)13(19)16(14(10)20)4-6-22-2/h3-6H2,1-2H3. The van der Waals surface area contributed by atoms with Gasteiger partial charge in [-0.1, -0.05) is 0 Å². The van der Waals surface area contributed by atoms with Crippen molar-refractivity contribution < 1.29 is 9.47 Å². The van der Waals surface area contributed by atoms with Crippen molar-refractivity contribution in [3.63, 3.8) is 0 Å². The lowest BCUT2D eigenvalue weighted by atomic mass is 10.6. The summed E-state index contributed by atoms with van der Waals surface area (Å²) in [7, 11) is 2.95. The van der Waals surface area contributed by atoms with Crippen LogP contribution in [0.4, 0.5) is 0 Å². The van der Waals surface area contributed by atoms with Crippen molar-refractivity contribution >= 4 is 41.5 Å². The maximum Gasteiger partial charge on any atom is 0.272 e. The van der Waals surface area contributed by atoms with Crippen LogP contribution in [0.25, 0.3) is 18.8 Å². The van der Waals surface area contributed by atoms with Crippen LogP contribution in [0.1, 0.15) is 0 Å². The SMILES string of the molecule is COCCn1c(=O)c2sc3c(=O)n(CCOC)c(=O)c3sc2c1=O. The molecule has 0 saturated carbocycles. The van der Waals surface area contributed by atoms with Gasteiger partial charge in [0.2, 0.25) is 0 Å². The highest BCUT2D eigenvalue weighted by molar-refractivity contribution is 7.36. The van der Waals surface area contributed by atoms with E-state index in [4.69, 9.17) is 9.47 Å². The molecule has 8 nitrogen and oxygen atoms in total. The molecule has 0 radical (unpaired) electrons. The van der Waals surface area contributed by atoms with E-state index in [0.717, 1.165) is 31.8 Å². The highest BCUT2D eigenvalue weighted by Gasteiger charge is 2.21. The maximum absolute atomic E-state index is 12.4. The van der Waals surface area contributed by atoms with E-state index in [2.05, 4.69) is 0 Å². The fourth-order valence-corrected chi connectivity index (χ4v) is 4.82. The zero-order valence-electron chi connectivity index (χ0n) is 13.0. The molecule has 0 aromatic carbocycles. The first-order valence-electron chi connectivity index (χ1n) is 7.05. The third-order valence-corrected chi connectivity index (χ3v) is 6.21. The van der Waals surface area contributed by atoms with Crippen molar-refractivity contribution in [2.24, 2.45) is 0 Å². The minimum atomic E-state index is -0.452. The number of nitrogens with zero attached hydrogens (tertiary/aromatic N) is 2. The summed E-state index contributed by atoms with van der Waals surface area (Å²) in [5.74, 6) is 0. The second-order valence-corrected chi connectivity index (χ2v) is 7.07. The van der Waals surface area contributed by atoms with Crippen LogP contribution in [0.3, 0.4) is 0 Å². The van der Waals surface area contributed by atoms with Crippen LogP contribution in [0.2, 0.25) is 0 Å². The molecule has 0 aliphatic rings. The highest BCUT2D eigenvalue weighted by atomic mass is 32.1. The van der Waals surface area contributed by atoms with E-state index in [0.29, 0.717) is 0 Å². The number of fused-ring (bicyclic) bond motifs is 2. The second-order valence-electron chi connectivity index (χ2n) is 5.03. The average Bonchev–Trinajstić information content (AvgIpc) is 2.95. The van der Waals surface area contributed by atoms with Crippen LogP contribution in [0.5, 0.6) is 0 Å². The van der Waals surface area contributed by atoms with E-state index in [1.54, 1.807) is 0 Å². The molecule has 0 aliphatic carbocycles. The first-order chi connectivity index (χ1) is 11.5. The molecule has 128 valence electrons. The van der Waals surface area contributed by atoms with Gasteiger partial charge in [0.05, 0.1) is 26.3 Å². The first kappa shape index (κ1) is 17.0. The van der Waals surface area contributed by atoms with Crippen LogP contribution in [0.15, 0.2) is 19.2 Å². The fourth-order valence-electron chi connectivity index (χ4n) is 2.40. The minimum Gasteiger partial charge on any atom is -0.383 e. The molecule has 0 N–H and O–H groups in total. The summed E-state index contributed by atoms with van der Waals surface area (Å²) < 4.78 is 12.8. The van der Waals surface area contributed by atoms with E-state index in [1.165, 1.54) is 14.2 Å². The Balaban J connectivity index is 2.30. The fraction of sp³-hybridized carbons (Fsp3) is 0.429. The molecule has 0 fully saturated rings. The Bertz CT molecular complexity index is 958. The van der Waals surface area contributed by atoms with Gasteiger partial charge in [0, 0.05) is 14.2 Å². The summed E-state index contributed by atoms with van der Waals surface area (Å²) >= 11 is 1.81. The normalized spacial score (nSPS) is 11.8. The number of methoxy groups -OCH3 is 2. The highest BCUT2D eigenvalue weighted by Crippen LogP contribution is 2.25. The summed E-state index contributed by atoms with van der Waals surface area (Å²) in [6, 6.07) is 0. The Kier molecular flexibility index (Phi) is 4.63. The molecule has 3 rings (SSSR count). The zero-order valence-corrected chi connectivity index (χ0v) is 14.6. The molecule has 0 bridgehead atoms. The van der Waals surface area contributed by atoms with Crippen molar-refractivity contribution in [3.8, 4) is 0 Å². The topological polar surface area (TPSA) is 96.6 Å². The molecular formula is C14H14N2O6S2. The quantitative estimate of drug-likeness (QED) is 0.601. The van der Waals surface area contributed by atoms with Crippen LogP contribution in [-0.4, -0.2) is 36.6 Å². The van der Waals surface area contributed by atoms with E-state index in [-0.39, 0.29) is 45.1 Å². The summed E-state index contributed by atoms with van der Waals surface area (Å²) in [5.41, 5.74) is -1.81. The predicted octanol–water partition coefficient (Wildman–Crippen LogP) is -0.110. The van der Waals surface area contributed by atoms with E-state index in [1.807, 2.05) is 0 Å². The van der Waals surface area contributed by atoms with Crippen LogP contribution < -0.4 is 22.2 Å². The Morgan fingerprint density at radius 2 is 0.958 bits per heavy atom. The largest absolute Gasteiger partial charge is 0.383 e. The molecule has 3 heterocycles. The van der Waals surface area contributed by atoms with Crippen LogP contribution in [-0.2, 0) is 22.6 Å². The minimum absolute atomic E-state index is 0.134. The molecule has 0 spiro atoms. The molecule has 3 aromatic heterocycles. The van der Waals surface area contributed by atoms with Crippen molar-refractivity contribution in [2.45, 2.75) is 13.1 Å². The molecule has 0 saturated heterocycles. The number of hydrogen-bond donors (Lipinski definition) is 0. The maximum atomic E-state index is 12.4. The van der Waals surface area contributed by atoms with Gasteiger partial charge in [0.25, 0.3) is 22.2 Å². The third-order valence-electron chi connectivity index (χ3n) is 3.62. The van der Waals surface area contributed by atoms with Gasteiger partial charge in [-0.05, 0) is 0 Å². The second kappa shape index (κ2) is 6.55. The molecule has 3 aromatic rings. The third kappa shape index (κ3) is 2.51. The van der Waals surface area contributed by atoms with Gasteiger partial charge in [-0.3, -0.25) is 28.3 Å². The first-order valence-corrected chi connectivity index (χ1v) is 8.69. The van der Waals surface area contributed by atoms with Crippen molar-refractivity contribution in [2.75, 3.05) is 27.4 Å². The van der Waals surface area contributed by atoms with Crippen LogP contribution >= 0.6 is 22.7 Å². The molecular weight excluding hydrogens is 356 g/mol. The summed E-state index contributed by atoms with van der Waals surface area (Å²) in [6.07, 6.45) is 0. The van der Waals surface area contributed by atoms with E-state index in [9.17, 15) is 19.2 Å². The van der Waals surface area contributed by atoms with Crippen LogP contribution in [0, 0.1) is 0 Å². The summed E-state index contributed by atoms with van der Waals surface area (Å²) in [4.78, 5) is 49.6. The van der Waals surface area contributed by atoms with Gasteiger partial charge in [-0.25, -0.2) is 0 Å². The molecule has 10 heteroatoms. The molecule has 0 unspecified atom stereocenters. The van der Waals surface area contributed by atoms with Gasteiger partial charge in [0.1, 0.15) is 18.8 Å². The molecule has 0 amide bonds. The average molecular weight is 370 g/mol. The van der Waals surface area contributed by atoms with E-state index < -0.39 is 22.2 Å². The van der Waals surface area contributed by atoms with E-state index >= 15 is 0 Å². The number of rotatable bonds is 6. The number of hydrogen-bond acceptors (Lipinski definition) is 8. The lowest BCUT2D eigenvalue weighted by molar-refractivity contribution is 0.186. The Morgan fingerprint density at radius 1 is 0.667 bits per heavy atom. The van der Waals surface area contributed by atoms with Crippen molar-refractivity contribution in [3.05, 3.63) is 41.4 Å². The monoisotopic (exact) mass is 370 g/mol. The summed E-state index contributed by atoms with van der Waals surface area (Å²) in [6.45, 7) is 0.718. The number of ether oxygens (including phenoxy) is 2.